The summed E-state index contributed by atoms with van der Waals surface area (Å²) >= 11 is 11.9. The Kier molecular flexibility index (Phi) is 18.2. The van der Waals surface area contributed by atoms with Gasteiger partial charge in [-0.25, -0.2) is 0 Å². The number of unbranched alkanes of at least 4 members (excludes halogenated alkanes) is 6. The minimum absolute atomic E-state index is 0.0169. The number of carbonyl (C=O) groups is 2. The quantitative estimate of drug-likeness (QED) is 0.134. The summed E-state index contributed by atoms with van der Waals surface area (Å²) in [7, 11) is 0. The van der Waals surface area contributed by atoms with Gasteiger partial charge in [0.1, 0.15) is 6.10 Å². The molecule has 0 aliphatic heterocycles. The minimum Gasteiger partial charge on any atom is -0.466 e. The third-order valence-corrected chi connectivity index (χ3v) is 5.78. The molecule has 0 N–H and O–H groups in total. The van der Waals surface area contributed by atoms with Crippen molar-refractivity contribution in [2.45, 2.75) is 121 Å². The topological polar surface area (TPSA) is 52.6 Å². The van der Waals surface area contributed by atoms with E-state index in [1.807, 2.05) is 13.8 Å². The summed E-state index contributed by atoms with van der Waals surface area (Å²) in [6.45, 7) is 6.48. The van der Waals surface area contributed by atoms with Crippen LogP contribution >= 0.6 is 23.2 Å². The van der Waals surface area contributed by atoms with E-state index < -0.39 is 0 Å². The number of alkyl halides is 2. The lowest BCUT2D eigenvalue weighted by Gasteiger charge is -2.17. The molecular weight excluding hydrogens is 399 g/mol. The van der Waals surface area contributed by atoms with E-state index in [0.717, 1.165) is 57.8 Å². The van der Waals surface area contributed by atoms with Crippen LogP contribution < -0.4 is 0 Å². The van der Waals surface area contributed by atoms with Gasteiger partial charge in [0.25, 0.3) is 0 Å². The molecule has 3 atom stereocenters. The third-order valence-electron chi connectivity index (χ3n) is 4.85. The molecule has 0 radical (unpaired) electrons. The van der Waals surface area contributed by atoms with E-state index in [1.165, 1.54) is 12.8 Å². The van der Waals surface area contributed by atoms with Gasteiger partial charge in [0.15, 0.2) is 0 Å². The molecule has 0 rings (SSSR count). The molecule has 0 aromatic carbocycles. The van der Waals surface area contributed by atoms with Crippen LogP contribution in [0.5, 0.6) is 0 Å². The Morgan fingerprint density at radius 1 is 0.714 bits per heavy atom. The number of hydrogen-bond acceptors (Lipinski definition) is 4. The number of carbonyl (C=O) groups excluding carboxylic acids is 2. The molecule has 0 bridgehead atoms. The second-order valence-corrected chi connectivity index (χ2v) is 8.66. The zero-order chi connectivity index (χ0) is 21.2. The number of esters is 2. The minimum atomic E-state index is -0.190. The average Bonchev–Trinajstić information content (AvgIpc) is 2.67. The molecule has 0 amide bonds. The molecule has 0 fully saturated rings. The summed E-state index contributed by atoms with van der Waals surface area (Å²) in [6.07, 6.45) is 11.7. The Morgan fingerprint density at radius 2 is 1.21 bits per heavy atom. The summed E-state index contributed by atoms with van der Waals surface area (Å²) in [6, 6.07) is 0. The van der Waals surface area contributed by atoms with Crippen molar-refractivity contribution < 1.29 is 19.1 Å². The Hall–Kier alpha value is -0.480. The largest absolute Gasteiger partial charge is 0.466 e. The van der Waals surface area contributed by atoms with Crippen LogP contribution in [-0.4, -0.2) is 35.4 Å². The van der Waals surface area contributed by atoms with Gasteiger partial charge in [-0.15, -0.1) is 23.2 Å². The first-order valence-electron chi connectivity index (χ1n) is 11.1. The second kappa shape index (κ2) is 18.5. The molecular formula is C22H40Cl2O4. The lowest BCUT2D eigenvalue weighted by molar-refractivity contribution is -0.149. The van der Waals surface area contributed by atoms with Gasteiger partial charge in [0, 0.05) is 10.8 Å². The predicted molar refractivity (Wildman–Crippen MR) is 117 cm³/mol. The van der Waals surface area contributed by atoms with Crippen molar-refractivity contribution in [1.82, 2.24) is 0 Å². The number of hydrogen-bond donors (Lipinski definition) is 0. The lowest BCUT2D eigenvalue weighted by atomic mass is 10.1. The smallest absolute Gasteiger partial charge is 0.307 e. The average molecular weight is 439 g/mol. The van der Waals surface area contributed by atoms with Crippen molar-refractivity contribution in [1.29, 1.82) is 0 Å². The van der Waals surface area contributed by atoms with Crippen molar-refractivity contribution >= 4 is 35.1 Å². The van der Waals surface area contributed by atoms with Crippen LogP contribution in [-0.2, 0) is 19.1 Å². The van der Waals surface area contributed by atoms with Gasteiger partial charge in [0.2, 0.25) is 0 Å². The highest BCUT2D eigenvalue weighted by Crippen LogP contribution is 2.15. The van der Waals surface area contributed by atoms with Gasteiger partial charge >= 0.3 is 11.9 Å². The number of rotatable bonds is 18. The number of ether oxygens (including phenoxy) is 2. The molecule has 28 heavy (non-hydrogen) atoms. The highest BCUT2D eigenvalue weighted by molar-refractivity contribution is 6.21. The fourth-order valence-electron chi connectivity index (χ4n) is 2.83. The maximum Gasteiger partial charge on any atom is 0.307 e. The maximum absolute atomic E-state index is 11.8. The van der Waals surface area contributed by atoms with Gasteiger partial charge in [-0.1, -0.05) is 52.9 Å². The molecule has 0 spiro atoms. The van der Waals surface area contributed by atoms with Crippen LogP contribution in [0.15, 0.2) is 0 Å². The van der Waals surface area contributed by atoms with Crippen molar-refractivity contribution in [3.05, 3.63) is 0 Å². The zero-order valence-electron chi connectivity index (χ0n) is 18.0. The summed E-state index contributed by atoms with van der Waals surface area (Å²) in [4.78, 5) is 23.3. The molecule has 166 valence electrons. The Bertz CT molecular complexity index is 404. The van der Waals surface area contributed by atoms with E-state index in [0.29, 0.717) is 19.4 Å². The molecule has 0 aromatic rings. The standard InChI is InChI=1S/C22H40Cl2O4/c1-4-18(23)16-21(25)27-15-13-11-9-7-8-10-12-14-20(6-3)28-22(26)17-19(24)5-2/h18-20H,4-17H2,1-3H3. The van der Waals surface area contributed by atoms with Crippen molar-refractivity contribution in [3.63, 3.8) is 0 Å². The SMILES string of the molecule is CCC(Cl)CC(=O)OCCCCCCCCCC(CC)OC(=O)CC(Cl)CC. The maximum atomic E-state index is 11.8. The van der Waals surface area contributed by atoms with Crippen LogP contribution in [0, 0.1) is 0 Å². The molecule has 0 aliphatic rings. The van der Waals surface area contributed by atoms with E-state index >= 15 is 0 Å². The van der Waals surface area contributed by atoms with Crippen molar-refractivity contribution in [2.24, 2.45) is 0 Å². The van der Waals surface area contributed by atoms with E-state index in [9.17, 15) is 9.59 Å². The lowest BCUT2D eigenvalue weighted by Crippen LogP contribution is -2.19. The van der Waals surface area contributed by atoms with Gasteiger partial charge in [-0.3, -0.25) is 9.59 Å². The Morgan fingerprint density at radius 3 is 1.75 bits per heavy atom. The van der Waals surface area contributed by atoms with E-state index in [4.69, 9.17) is 32.7 Å². The molecule has 0 aliphatic carbocycles. The molecule has 0 heterocycles. The van der Waals surface area contributed by atoms with E-state index in [2.05, 4.69) is 6.92 Å². The van der Waals surface area contributed by atoms with E-state index in [-0.39, 0.29) is 28.8 Å². The molecule has 6 heteroatoms. The molecule has 4 nitrogen and oxygen atoms in total. The highest BCUT2D eigenvalue weighted by Gasteiger charge is 2.15. The molecule has 0 aromatic heterocycles. The first-order chi connectivity index (χ1) is 13.4. The number of halogens is 2. The van der Waals surface area contributed by atoms with Crippen LogP contribution in [0.3, 0.4) is 0 Å². The van der Waals surface area contributed by atoms with Crippen LogP contribution in [0.4, 0.5) is 0 Å². The van der Waals surface area contributed by atoms with Gasteiger partial charge < -0.3 is 9.47 Å². The highest BCUT2D eigenvalue weighted by atomic mass is 35.5. The normalized spacial score (nSPS) is 14.3. The molecule has 0 saturated heterocycles. The van der Waals surface area contributed by atoms with Crippen LogP contribution in [0.2, 0.25) is 0 Å². The van der Waals surface area contributed by atoms with E-state index in [1.54, 1.807) is 0 Å². The predicted octanol–water partition coefficient (Wildman–Crippen LogP) is 6.79. The third kappa shape index (κ3) is 16.5. The fraction of sp³-hybridized carbons (Fsp3) is 0.909. The summed E-state index contributed by atoms with van der Waals surface area (Å²) in [5.41, 5.74) is 0. The first kappa shape index (κ1) is 27.5. The molecule has 0 saturated carbocycles. The molecule has 3 unspecified atom stereocenters. The van der Waals surface area contributed by atoms with Crippen LogP contribution in [0.1, 0.15) is 104 Å². The Balaban J connectivity index is 3.54. The fourth-order valence-corrected chi connectivity index (χ4v) is 3.09. The van der Waals surface area contributed by atoms with Crippen molar-refractivity contribution in [3.8, 4) is 0 Å². The summed E-state index contributed by atoms with van der Waals surface area (Å²) in [5.74, 6) is -0.366. The van der Waals surface area contributed by atoms with Crippen LogP contribution in [0.25, 0.3) is 0 Å². The van der Waals surface area contributed by atoms with Crippen molar-refractivity contribution in [2.75, 3.05) is 6.61 Å². The Labute approximate surface area is 182 Å². The monoisotopic (exact) mass is 438 g/mol. The van der Waals surface area contributed by atoms with Gasteiger partial charge in [0.05, 0.1) is 19.4 Å². The van der Waals surface area contributed by atoms with Gasteiger partial charge in [-0.05, 0) is 38.5 Å². The summed E-state index contributed by atoms with van der Waals surface area (Å²) < 4.78 is 10.7. The second-order valence-electron chi connectivity index (χ2n) is 7.42. The van der Waals surface area contributed by atoms with Gasteiger partial charge in [-0.2, -0.15) is 0 Å². The summed E-state index contributed by atoms with van der Waals surface area (Å²) in [5, 5.41) is -0.237. The first-order valence-corrected chi connectivity index (χ1v) is 11.9. The zero-order valence-corrected chi connectivity index (χ0v) is 19.5.